The molecule has 54 heavy (non-hydrogen) atoms. The number of amides is 1. The monoisotopic (exact) mass is 843 g/mol. The summed E-state index contributed by atoms with van der Waals surface area (Å²) >= 11 is 17.5. The van der Waals surface area contributed by atoms with Crippen molar-refractivity contribution in [1.82, 2.24) is 5.32 Å². The highest BCUT2D eigenvalue weighted by molar-refractivity contribution is 7.48. The topological polar surface area (TPSA) is 138 Å². The van der Waals surface area contributed by atoms with Crippen LogP contribution in [-0.4, -0.2) is 93.9 Å². The van der Waals surface area contributed by atoms with Gasteiger partial charge in [0.05, 0.1) is 45.9 Å². The molecule has 1 fully saturated rings. The van der Waals surface area contributed by atoms with Gasteiger partial charge in [-0.2, -0.15) is 0 Å². The van der Waals surface area contributed by atoms with Crippen molar-refractivity contribution in [3.05, 3.63) is 67.5 Å². The van der Waals surface area contributed by atoms with Gasteiger partial charge in [0.15, 0.2) is 0 Å². The third-order valence-corrected chi connectivity index (χ3v) is 9.71. The van der Waals surface area contributed by atoms with Crippen LogP contribution in [0.4, 0.5) is 4.79 Å². The van der Waals surface area contributed by atoms with E-state index < -0.39 is 55.0 Å². The zero-order chi connectivity index (χ0) is 39.8. The van der Waals surface area contributed by atoms with Gasteiger partial charge < -0.3 is 38.5 Å². The fourth-order valence-corrected chi connectivity index (χ4v) is 6.86. The molecule has 0 saturated carbocycles. The average molecular weight is 845 g/mol. The second kappa shape index (κ2) is 26.9. The molecule has 6 atom stereocenters. The van der Waals surface area contributed by atoms with Crippen LogP contribution in [0.25, 0.3) is 0 Å². The van der Waals surface area contributed by atoms with Crippen LogP contribution in [0.3, 0.4) is 0 Å². The molecular formula is C37H57Cl3NO12P. The fourth-order valence-electron chi connectivity index (χ4n) is 5.37. The Kier molecular flexibility index (Phi) is 24.0. The van der Waals surface area contributed by atoms with Gasteiger partial charge in [0.25, 0.3) is 0 Å². The largest absolute Gasteiger partial charge is 0.497 e. The van der Waals surface area contributed by atoms with Gasteiger partial charge in [-0.25, -0.2) is 9.36 Å². The number of phosphoric ester groups is 1. The quantitative estimate of drug-likeness (QED) is 0.0283. The Hall–Kier alpha value is -1.87. The van der Waals surface area contributed by atoms with E-state index in [2.05, 4.69) is 25.4 Å². The van der Waals surface area contributed by atoms with Gasteiger partial charge in [-0.3, -0.25) is 13.6 Å². The van der Waals surface area contributed by atoms with Crippen molar-refractivity contribution in [3.8, 4) is 5.75 Å². The maximum absolute atomic E-state index is 14.0. The Balaban J connectivity index is 2.47. The number of allylic oxidation sites excluding steroid dienone is 1. The van der Waals surface area contributed by atoms with E-state index >= 15 is 0 Å². The first-order chi connectivity index (χ1) is 25.9. The lowest BCUT2D eigenvalue weighted by atomic mass is 9.96. The molecule has 0 unspecified atom stereocenters. The predicted octanol–water partition coefficient (Wildman–Crippen LogP) is 9.00. The first-order valence-corrected chi connectivity index (χ1v) is 20.6. The number of benzene rings is 1. The van der Waals surface area contributed by atoms with Gasteiger partial charge in [-0.05, 0) is 37.5 Å². The third-order valence-electron chi connectivity index (χ3n) is 7.95. The summed E-state index contributed by atoms with van der Waals surface area (Å²) in [6.07, 6.45) is 6.93. The molecule has 2 rings (SSSR count). The van der Waals surface area contributed by atoms with Crippen LogP contribution < -0.4 is 10.1 Å². The first-order valence-electron chi connectivity index (χ1n) is 18.0. The molecule has 1 heterocycles. The minimum Gasteiger partial charge on any atom is -0.497 e. The molecule has 1 aromatic rings. The normalized spacial score (nSPS) is 21.1. The van der Waals surface area contributed by atoms with Crippen LogP contribution in [0.5, 0.6) is 5.75 Å². The van der Waals surface area contributed by atoms with Crippen molar-refractivity contribution in [2.45, 2.75) is 106 Å². The molecule has 308 valence electrons. The molecule has 0 aromatic heterocycles. The Bertz CT molecular complexity index is 1270. The Labute approximate surface area is 335 Å². The molecule has 1 amide bonds. The second-order valence-corrected chi connectivity index (χ2v) is 16.4. The Morgan fingerprint density at radius 3 is 2.30 bits per heavy atom. The van der Waals surface area contributed by atoms with Crippen molar-refractivity contribution in [2.24, 2.45) is 0 Å². The smallest absolute Gasteiger partial charge is 0.475 e. The highest BCUT2D eigenvalue weighted by Crippen LogP contribution is 2.52. The summed E-state index contributed by atoms with van der Waals surface area (Å²) in [4.78, 5) is 13.1. The number of alkyl halides is 3. The van der Waals surface area contributed by atoms with Gasteiger partial charge >= 0.3 is 13.9 Å². The highest BCUT2D eigenvalue weighted by Gasteiger charge is 2.52. The third kappa shape index (κ3) is 18.8. The Morgan fingerprint density at radius 1 is 1.02 bits per heavy atom. The number of unbranched alkanes of at least 4 members (excludes halogenated alkanes) is 4. The summed E-state index contributed by atoms with van der Waals surface area (Å²) < 4.78 is 70.3. The van der Waals surface area contributed by atoms with Crippen molar-refractivity contribution in [2.75, 3.05) is 47.3 Å². The number of hydrogen-bond donors (Lipinski definition) is 1. The van der Waals surface area contributed by atoms with E-state index in [9.17, 15) is 9.36 Å². The highest BCUT2D eigenvalue weighted by atomic mass is 35.6. The summed E-state index contributed by atoms with van der Waals surface area (Å²) in [6.45, 7) is 10.7. The van der Waals surface area contributed by atoms with Crippen LogP contribution >= 0.6 is 42.6 Å². The van der Waals surface area contributed by atoms with E-state index in [1.807, 2.05) is 24.3 Å². The van der Waals surface area contributed by atoms with E-state index in [4.69, 9.17) is 81.5 Å². The lowest BCUT2D eigenvalue weighted by molar-refractivity contribution is -0.262. The van der Waals surface area contributed by atoms with Crippen LogP contribution in [-0.2, 0) is 53.2 Å². The zero-order valence-corrected chi connectivity index (χ0v) is 34.8. The number of phosphoric acid groups is 1. The summed E-state index contributed by atoms with van der Waals surface area (Å²) in [6, 6.07) is 6.55. The van der Waals surface area contributed by atoms with Gasteiger partial charge in [0.2, 0.25) is 10.1 Å². The van der Waals surface area contributed by atoms with Crippen LogP contribution in [0.2, 0.25) is 0 Å². The molecule has 0 spiro atoms. The zero-order valence-electron chi connectivity index (χ0n) is 31.7. The molecule has 1 aliphatic rings. The molecule has 0 bridgehead atoms. The standard InChI is InChI=1S/C37H57Cl3NO12P/c1-7-11-12-13-14-15-30(48-25-28-16-18-29(45-6)19-17-28)20-24-46-34-32(41-36(42)49-27-37(38,39)40)35(47-21-8-2)52-31(26-44-5)33(34)53-54(43,50-22-9-3)51-23-10-4/h8-10,16-19,21,30-35H,3-4,7,11-15,20,22-27H2,1-2,5-6H3,(H,41,42)/t30-,31-,32-,33-,34-,35+/m1/s1. The lowest BCUT2D eigenvalue weighted by Crippen LogP contribution is -2.66. The molecule has 1 aromatic carbocycles. The molecule has 1 saturated heterocycles. The minimum atomic E-state index is -4.32. The number of rotatable bonds is 28. The van der Waals surface area contributed by atoms with Crippen LogP contribution in [0, 0.1) is 0 Å². The summed E-state index contributed by atoms with van der Waals surface area (Å²) in [5, 5.41) is 2.70. The molecule has 0 radical (unpaired) electrons. The summed E-state index contributed by atoms with van der Waals surface area (Å²) in [5.41, 5.74) is 0.990. The molecule has 0 aliphatic carbocycles. The van der Waals surface area contributed by atoms with Gasteiger partial charge in [0, 0.05) is 13.7 Å². The van der Waals surface area contributed by atoms with Crippen LogP contribution in [0.1, 0.15) is 64.4 Å². The van der Waals surface area contributed by atoms with E-state index in [1.54, 1.807) is 20.1 Å². The van der Waals surface area contributed by atoms with E-state index in [0.717, 1.165) is 43.4 Å². The fraction of sp³-hybridized carbons (Fsp3) is 0.649. The Morgan fingerprint density at radius 2 is 1.70 bits per heavy atom. The number of ether oxygens (including phenoxy) is 7. The maximum Gasteiger partial charge on any atom is 0.475 e. The second-order valence-electron chi connectivity index (χ2n) is 12.3. The number of carbonyl (C=O) groups excluding carboxylic acids is 1. The number of halogens is 3. The van der Waals surface area contributed by atoms with E-state index in [-0.39, 0.29) is 32.5 Å². The summed E-state index contributed by atoms with van der Waals surface area (Å²) in [5.74, 6) is 0.755. The van der Waals surface area contributed by atoms with Crippen molar-refractivity contribution >= 4 is 48.7 Å². The number of nitrogens with one attached hydrogen (secondary N) is 1. The molecular weight excluding hydrogens is 788 g/mol. The van der Waals surface area contributed by atoms with Crippen molar-refractivity contribution in [3.63, 3.8) is 0 Å². The minimum absolute atomic E-state index is 0.0566. The van der Waals surface area contributed by atoms with Gasteiger partial charge in [0.1, 0.15) is 36.7 Å². The van der Waals surface area contributed by atoms with Gasteiger partial charge in [-0.1, -0.05) is 104 Å². The van der Waals surface area contributed by atoms with Crippen LogP contribution in [0.15, 0.2) is 61.9 Å². The summed E-state index contributed by atoms with van der Waals surface area (Å²) in [7, 11) is -1.24. The maximum atomic E-state index is 14.0. The van der Waals surface area contributed by atoms with E-state index in [1.165, 1.54) is 31.9 Å². The SMILES string of the molecule is C=CCOP(=O)(OCC=C)O[C@H]1[C@H](OCC[C@@H](CCCCCCC)OCc2ccc(OC)cc2)[C@@H](NC(=O)OCC(Cl)(Cl)Cl)[C@@H](OC=CC)O[C@@H]1COC. The number of hydrogen-bond acceptors (Lipinski definition) is 12. The lowest BCUT2D eigenvalue weighted by Gasteiger charge is -2.45. The van der Waals surface area contributed by atoms with Gasteiger partial charge in [-0.15, -0.1) is 13.2 Å². The van der Waals surface area contributed by atoms with E-state index in [0.29, 0.717) is 13.0 Å². The molecule has 1 N–H and O–H groups in total. The molecule has 1 aliphatic heterocycles. The number of methoxy groups -OCH3 is 2. The molecule has 17 heteroatoms. The predicted molar refractivity (Wildman–Crippen MR) is 209 cm³/mol. The average Bonchev–Trinajstić information content (AvgIpc) is 3.15. The van der Waals surface area contributed by atoms with Crippen molar-refractivity contribution in [1.29, 1.82) is 0 Å². The first kappa shape index (κ1) is 48.3. The van der Waals surface area contributed by atoms with Crippen molar-refractivity contribution < 1.29 is 56.1 Å². The number of carbonyl (C=O) groups is 1. The number of alkyl carbamates (subject to hydrolysis) is 1. The molecule has 13 nitrogen and oxygen atoms in total.